The SMILES string of the molecule is Cc1cc(C(=O)Nc2c(C)nn(Cc3ccc(Cl)c(Cl)c3)c2C)c2ccccc2n1. The van der Waals surface area contributed by atoms with Crippen LogP contribution in [0.4, 0.5) is 5.69 Å². The summed E-state index contributed by atoms with van der Waals surface area (Å²) in [6.45, 7) is 6.22. The smallest absolute Gasteiger partial charge is 0.256 e. The molecule has 0 saturated carbocycles. The van der Waals surface area contributed by atoms with E-state index >= 15 is 0 Å². The molecule has 0 saturated heterocycles. The van der Waals surface area contributed by atoms with E-state index in [4.69, 9.17) is 23.2 Å². The number of aryl methyl sites for hydroxylation is 2. The summed E-state index contributed by atoms with van der Waals surface area (Å²) in [5.41, 5.74) is 5.48. The van der Waals surface area contributed by atoms with Gasteiger partial charge in [-0.2, -0.15) is 5.10 Å². The fraction of sp³-hybridized carbons (Fsp3) is 0.174. The van der Waals surface area contributed by atoms with Crippen LogP contribution in [-0.2, 0) is 6.54 Å². The van der Waals surface area contributed by atoms with Gasteiger partial charge in [0, 0.05) is 11.1 Å². The highest BCUT2D eigenvalue weighted by Crippen LogP contribution is 2.26. The number of hydrogen-bond donors (Lipinski definition) is 1. The van der Waals surface area contributed by atoms with Crippen molar-refractivity contribution in [1.82, 2.24) is 14.8 Å². The lowest BCUT2D eigenvalue weighted by Gasteiger charge is -2.10. The highest BCUT2D eigenvalue weighted by molar-refractivity contribution is 6.42. The van der Waals surface area contributed by atoms with Crippen LogP contribution in [0.2, 0.25) is 10.0 Å². The van der Waals surface area contributed by atoms with Crippen molar-refractivity contribution in [3.63, 3.8) is 0 Å². The van der Waals surface area contributed by atoms with Crippen LogP contribution in [0.1, 0.15) is 33.0 Å². The molecule has 5 nitrogen and oxygen atoms in total. The first-order valence-corrected chi connectivity index (χ1v) is 10.2. The number of fused-ring (bicyclic) bond motifs is 1. The molecule has 0 aliphatic carbocycles. The third-order valence-corrected chi connectivity index (χ3v) is 5.76. The number of nitrogens with zero attached hydrogens (tertiary/aromatic N) is 3. The van der Waals surface area contributed by atoms with Crippen molar-refractivity contribution in [3.05, 3.63) is 86.8 Å². The van der Waals surface area contributed by atoms with E-state index in [1.54, 1.807) is 6.07 Å². The molecule has 1 N–H and O–H groups in total. The lowest BCUT2D eigenvalue weighted by Crippen LogP contribution is -2.14. The summed E-state index contributed by atoms with van der Waals surface area (Å²) in [6, 6.07) is 14.9. The topological polar surface area (TPSA) is 59.8 Å². The maximum absolute atomic E-state index is 13.1. The molecular formula is C23H20Cl2N4O. The first kappa shape index (κ1) is 20.4. The molecule has 7 heteroatoms. The Morgan fingerprint density at radius 1 is 1.03 bits per heavy atom. The molecule has 0 aliphatic heterocycles. The molecule has 1 amide bonds. The highest BCUT2D eigenvalue weighted by Gasteiger charge is 2.18. The van der Waals surface area contributed by atoms with Crippen LogP contribution in [0.3, 0.4) is 0 Å². The number of pyridine rings is 1. The molecule has 0 radical (unpaired) electrons. The number of carbonyl (C=O) groups is 1. The summed E-state index contributed by atoms with van der Waals surface area (Å²) in [7, 11) is 0. The van der Waals surface area contributed by atoms with Gasteiger partial charge in [-0.15, -0.1) is 0 Å². The summed E-state index contributed by atoms with van der Waals surface area (Å²) < 4.78 is 1.85. The van der Waals surface area contributed by atoms with Crippen LogP contribution in [0, 0.1) is 20.8 Å². The van der Waals surface area contributed by atoms with Crippen LogP contribution in [-0.4, -0.2) is 20.7 Å². The van der Waals surface area contributed by atoms with Gasteiger partial charge in [0.15, 0.2) is 0 Å². The number of amides is 1. The fourth-order valence-corrected chi connectivity index (χ4v) is 3.84. The Kier molecular flexibility index (Phi) is 5.50. The second-order valence-electron chi connectivity index (χ2n) is 7.23. The van der Waals surface area contributed by atoms with Crippen molar-refractivity contribution in [2.45, 2.75) is 27.3 Å². The molecule has 0 atom stereocenters. The number of benzene rings is 2. The molecule has 0 aliphatic rings. The van der Waals surface area contributed by atoms with Crippen molar-refractivity contribution in [1.29, 1.82) is 0 Å². The predicted octanol–water partition coefficient (Wildman–Crippen LogP) is 5.96. The summed E-state index contributed by atoms with van der Waals surface area (Å²) in [5, 5.41) is 9.48. The van der Waals surface area contributed by atoms with E-state index in [9.17, 15) is 4.79 Å². The van der Waals surface area contributed by atoms with Gasteiger partial charge in [-0.1, -0.05) is 47.5 Å². The number of hydrogen-bond acceptors (Lipinski definition) is 3. The zero-order chi connectivity index (χ0) is 21.4. The molecule has 0 unspecified atom stereocenters. The zero-order valence-electron chi connectivity index (χ0n) is 16.8. The van der Waals surface area contributed by atoms with E-state index in [1.807, 2.05) is 67.9 Å². The Balaban J connectivity index is 1.64. The third kappa shape index (κ3) is 3.91. The summed E-state index contributed by atoms with van der Waals surface area (Å²) in [6.07, 6.45) is 0. The zero-order valence-corrected chi connectivity index (χ0v) is 18.3. The Bertz CT molecular complexity index is 1280. The average molecular weight is 439 g/mol. The number of halogens is 2. The number of anilines is 1. The molecule has 0 spiro atoms. The minimum atomic E-state index is -0.183. The molecule has 30 heavy (non-hydrogen) atoms. The Morgan fingerprint density at radius 3 is 2.57 bits per heavy atom. The lowest BCUT2D eigenvalue weighted by molar-refractivity contribution is 0.102. The van der Waals surface area contributed by atoms with Gasteiger partial charge in [0.1, 0.15) is 0 Å². The van der Waals surface area contributed by atoms with Gasteiger partial charge in [-0.3, -0.25) is 14.5 Å². The van der Waals surface area contributed by atoms with Crippen LogP contribution < -0.4 is 5.32 Å². The van der Waals surface area contributed by atoms with Crippen LogP contribution in [0.25, 0.3) is 10.9 Å². The number of rotatable bonds is 4. The van der Waals surface area contributed by atoms with Crippen molar-refractivity contribution in [2.24, 2.45) is 0 Å². The second-order valence-corrected chi connectivity index (χ2v) is 8.05. The van der Waals surface area contributed by atoms with Crippen molar-refractivity contribution in [2.75, 3.05) is 5.32 Å². The molecule has 2 heterocycles. The van der Waals surface area contributed by atoms with Gasteiger partial charge in [-0.05, 0) is 50.6 Å². The van der Waals surface area contributed by atoms with E-state index < -0.39 is 0 Å². The minimum absolute atomic E-state index is 0.183. The van der Waals surface area contributed by atoms with Crippen molar-refractivity contribution < 1.29 is 4.79 Å². The van der Waals surface area contributed by atoms with E-state index in [2.05, 4.69) is 15.4 Å². The first-order chi connectivity index (χ1) is 14.3. The number of nitrogens with one attached hydrogen (secondary N) is 1. The van der Waals surface area contributed by atoms with Crippen LogP contribution in [0.5, 0.6) is 0 Å². The molecule has 2 aromatic carbocycles. The quantitative estimate of drug-likeness (QED) is 0.427. The van der Waals surface area contributed by atoms with Gasteiger partial charge in [0.2, 0.25) is 0 Å². The minimum Gasteiger partial charge on any atom is -0.319 e. The van der Waals surface area contributed by atoms with Gasteiger partial charge in [-0.25, -0.2) is 0 Å². The summed E-state index contributed by atoms with van der Waals surface area (Å²) in [5.74, 6) is -0.183. The Labute approximate surface area is 184 Å². The van der Waals surface area contributed by atoms with E-state index in [0.717, 1.165) is 33.5 Å². The average Bonchev–Trinajstić information content (AvgIpc) is 2.97. The molecular weight excluding hydrogens is 419 g/mol. The van der Waals surface area contributed by atoms with Gasteiger partial charge < -0.3 is 5.32 Å². The van der Waals surface area contributed by atoms with Gasteiger partial charge >= 0.3 is 0 Å². The molecule has 2 aromatic heterocycles. The molecule has 4 rings (SSSR count). The normalized spacial score (nSPS) is 11.1. The standard InChI is InChI=1S/C23H20Cl2N4O/c1-13-10-18(17-6-4-5-7-21(17)26-13)23(30)27-22-14(2)28-29(15(22)3)12-16-8-9-19(24)20(25)11-16/h4-11H,12H2,1-3H3,(H,27,30). The van der Waals surface area contributed by atoms with Crippen molar-refractivity contribution in [3.8, 4) is 0 Å². The molecule has 0 bridgehead atoms. The Hall–Kier alpha value is -2.89. The maximum atomic E-state index is 13.1. The Morgan fingerprint density at radius 2 is 1.80 bits per heavy atom. The number of para-hydroxylation sites is 1. The fourth-order valence-electron chi connectivity index (χ4n) is 3.52. The number of carbonyl (C=O) groups excluding carboxylic acids is 1. The molecule has 0 fully saturated rings. The highest BCUT2D eigenvalue weighted by atomic mass is 35.5. The van der Waals surface area contributed by atoms with Crippen LogP contribution >= 0.6 is 23.2 Å². The lowest BCUT2D eigenvalue weighted by atomic mass is 10.1. The second kappa shape index (κ2) is 8.09. The van der Waals surface area contributed by atoms with E-state index in [1.165, 1.54) is 0 Å². The van der Waals surface area contributed by atoms with E-state index in [-0.39, 0.29) is 5.91 Å². The van der Waals surface area contributed by atoms with Crippen molar-refractivity contribution >= 4 is 45.7 Å². The summed E-state index contributed by atoms with van der Waals surface area (Å²) >= 11 is 12.1. The van der Waals surface area contributed by atoms with Gasteiger partial charge in [0.05, 0.1) is 44.7 Å². The maximum Gasteiger partial charge on any atom is 0.256 e. The van der Waals surface area contributed by atoms with Gasteiger partial charge in [0.25, 0.3) is 5.91 Å². The molecule has 4 aromatic rings. The summed E-state index contributed by atoms with van der Waals surface area (Å²) in [4.78, 5) is 17.6. The van der Waals surface area contributed by atoms with E-state index in [0.29, 0.717) is 27.8 Å². The largest absolute Gasteiger partial charge is 0.319 e. The third-order valence-electron chi connectivity index (χ3n) is 5.03. The monoisotopic (exact) mass is 438 g/mol. The first-order valence-electron chi connectivity index (χ1n) is 9.49. The predicted molar refractivity (Wildman–Crippen MR) is 122 cm³/mol. The number of aromatic nitrogens is 3. The van der Waals surface area contributed by atoms with Crippen LogP contribution in [0.15, 0.2) is 48.5 Å². The molecule has 152 valence electrons.